The van der Waals surface area contributed by atoms with Crippen molar-refractivity contribution in [3.8, 4) is 0 Å². The van der Waals surface area contributed by atoms with Crippen molar-refractivity contribution in [2.75, 3.05) is 16.8 Å². The van der Waals surface area contributed by atoms with Crippen molar-refractivity contribution in [3.05, 3.63) is 30.5 Å². The number of pyridine rings is 1. The summed E-state index contributed by atoms with van der Waals surface area (Å²) in [6.07, 6.45) is 5.54. The molecule has 3 unspecified atom stereocenters. The lowest BCUT2D eigenvalue weighted by atomic mass is 9.92. The molecule has 3 heterocycles. The molecule has 106 valence electrons. The molecule has 3 atom stereocenters. The minimum atomic E-state index is 0.0239. The molecule has 0 spiro atoms. The summed E-state index contributed by atoms with van der Waals surface area (Å²) in [4.78, 5) is 19.4. The molecule has 1 amide bonds. The Morgan fingerprint density at radius 3 is 3.10 bits per heavy atom. The second-order valence-electron chi connectivity index (χ2n) is 6.48. The molecule has 1 aliphatic carbocycles. The predicted octanol–water partition coefficient (Wildman–Crippen LogP) is 2.79. The fourth-order valence-electron chi connectivity index (χ4n) is 4.61. The fraction of sp³-hybridized carbons (Fsp3) is 0.412. The molecule has 4 heteroatoms. The number of carbonyl (C=O) groups excluding carboxylic acids is 1. The Labute approximate surface area is 123 Å². The highest BCUT2D eigenvalue weighted by Gasteiger charge is 2.50. The summed E-state index contributed by atoms with van der Waals surface area (Å²) >= 11 is 0. The van der Waals surface area contributed by atoms with Crippen LogP contribution in [0.1, 0.15) is 19.3 Å². The SMILES string of the molecule is O=C1Nc2cnc3ccccc3c2N2CC3CCCC3C12. The van der Waals surface area contributed by atoms with Gasteiger partial charge in [-0.3, -0.25) is 9.78 Å². The number of aromatic nitrogens is 1. The van der Waals surface area contributed by atoms with Crippen LogP contribution in [0.5, 0.6) is 0 Å². The van der Waals surface area contributed by atoms with Crippen molar-refractivity contribution in [2.45, 2.75) is 25.3 Å². The summed E-state index contributed by atoms with van der Waals surface area (Å²) in [7, 11) is 0. The lowest BCUT2D eigenvalue weighted by Crippen LogP contribution is -2.47. The number of para-hydroxylation sites is 1. The first-order valence-corrected chi connectivity index (χ1v) is 7.78. The first kappa shape index (κ1) is 11.5. The van der Waals surface area contributed by atoms with E-state index < -0.39 is 0 Å². The molecular formula is C17H17N3O. The molecule has 3 aliphatic rings. The Bertz CT molecular complexity index is 757. The third-order valence-corrected chi connectivity index (χ3v) is 5.45. The van der Waals surface area contributed by atoms with Crippen LogP contribution in [0.25, 0.3) is 10.9 Å². The Balaban J connectivity index is 1.74. The molecule has 1 N–H and O–H groups in total. The molecule has 1 aromatic heterocycles. The number of hydrogen-bond donors (Lipinski definition) is 1. The number of anilines is 2. The largest absolute Gasteiger partial charge is 0.357 e. The number of carbonyl (C=O) groups is 1. The van der Waals surface area contributed by atoms with Gasteiger partial charge in [0, 0.05) is 11.9 Å². The van der Waals surface area contributed by atoms with E-state index in [0.29, 0.717) is 11.8 Å². The Hall–Kier alpha value is -2.10. The number of fused-ring (bicyclic) bond motifs is 7. The summed E-state index contributed by atoms with van der Waals surface area (Å²) in [5.74, 6) is 1.37. The highest BCUT2D eigenvalue weighted by Crippen LogP contribution is 2.49. The predicted molar refractivity (Wildman–Crippen MR) is 82.3 cm³/mol. The van der Waals surface area contributed by atoms with Gasteiger partial charge in [-0.05, 0) is 30.7 Å². The van der Waals surface area contributed by atoms with Crippen LogP contribution in [0.3, 0.4) is 0 Å². The van der Waals surface area contributed by atoms with Crippen molar-refractivity contribution in [1.29, 1.82) is 0 Å². The first-order valence-electron chi connectivity index (χ1n) is 7.78. The van der Waals surface area contributed by atoms with E-state index in [1.807, 2.05) is 18.2 Å². The quantitative estimate of drug-likeness (QED) is 0.806. The molecule has 1 aromatic carbocycles. The minimum absolute atomic E-state index is 0.0239. The van der Waals surface area contributed by atoms with Crippen molar-refractivity contribution in [2.24, 2.45) is 11.8 Å². The molecule has 1 saturated heterocycles. The van der Waals surface area contributed by atoms with Gasteiger partial charge in [-0.15, -0.1) is 0 Å². The van der Waals surface area contributed by atoms with E-state index in [4.69, 9.17) is 0 Å². The van der Waals surface area contributed by atoms with Gasteiger partial charge in [0.15, 0.2) is 0 Å². The molecule has 21 heavy (non-hydrogen) atoms. The van der Waals surface area contributed by atoms with Gasteiger partial charge < -0.3 is 10.2 Å². The van der Waals surface area contributed by atoms with E-state index >= 15 is 0 Å². The summed E-state index contributed by atoms with van der Waals surface area (Å²) < 4.78 is 0. The Kier molecular flexibility index (Phi) is 2.18. The van der Waals surface area contributed by atoms with Crippen LogP contribution >= 0.6 is 0 Å². The number of nitrogens with one attached hydrogen (secondary N) is 1. The van der Waals surface area contributed by atoms with E-state index in [1.54, 1.807) is 6.20 Å². The molecule has 2 aliphatic heterocycles. The van der Waals surface area contributed by atoms with Crippen molar-refractivity contribution in [1.82, 2.24) is 4.98 Å². The van der Waals surface area contributed by atoms with Crippen LogP contribution in [0, 0.1) is 11.8 Å². The van der Waals surface area contributed by atoms with Gasteiger partial charge in [0.05, 0.1) is 23.1 Å². The van der Waals surface area contributed by atoms with E-state index in [1.165, 1.54) is 24.9 Å². The van der Waals surface area contributed by atoms with E-state index in [-0.39, 0.29) is 11.9 Å². The van der Waals surface area contributed by atoms with E-state index in [9.17, 15) is 4.79 Å². The topological polar surface area (TPSA) is 45.2 Å². The second kappa shape index (κ2) is 3.97. The van der Waals surface area contributed by atoms with Gasteiger partial charge in [-0.1, -0.05) is 24.6 Å². The summed E-state index contributed by atoms with van der Waals surface area (Å²) in [5, 5.41) is 4.25. The number of benzene rings is 1. The molecule has 1 saturated carbocycles. The van der Waals surface area contributed by atoms with Crippen molar-refractivity contribution >= 4 is 28.2 Å². The summed E-state index contributed by atoms with van der Waals surface area (Å²) in [5.41, 5.74) is 3.05. The van der Waals surface area contributed by atoms with Crippen molar-refractivity contribution < 1.29 is 4.79 Å². The van der Waals surface area contributed by atoms with Gasteiger partial charge in [-0.25, -0.2) is 0 Å². The van der Waals surface area contributed by atoms with Crippen LogP contribution in [0.15, 0.2) is 30.5 Å². The van der Waals surface area contributed by atoms with E-state index in [0.717, 1.165) is 23.1 Å². The van der Waals surface area contributed by atoms with Crippen LogP contribution in [0.2, 0.25) is 0 Å². The summed E-state index contributed by atoms with van der Waals surface area (Å²) in [6.45, 7) is 1.02. The Morgan fingerprint density at radius 2 is 2.14 bits per heavy atom. The van der Waals surface area contributed by atoms with Crippen molar-refractivity contribution in [3.63, 3.8) is 0 Å². The zero-order valence-corrected chi connectivity index (χ0v) is 11.7. The number of hydrogen-bond acceptors (Lipinski definition) is 3. The average Bonchev–Trinajstić information content (AvgIpc) is 3.07. The van der Waals surface area contributed by atoms with Crippen LogP contribution < -0.4 is 10.2 Å². The minimum Gasteiger partial charge on any atom is -0.357 e. The highest BCUT2D eigenvalue weighted by atomic mass is 16.2. The molecular weight excluding hydrogens is 262 g/mol. The number of nitrogens with zero attached hydrogens (tertiary/aromatic N) is 2. The first-order chi connectivity index (χ1) is 10.3. The van der Waals surface area contributed by atoms with Gasteiger partial charge in [0.1, 0.15) is 6.04 Å². The van der Waals surface area contributed by atoms with Gasteiger partial charge >= 0.3 is 0 Å². The monoisotopic (exact) mass is 279 g/mol. The van der Waals surface area contributed by atoms with Crippen LogP contribution in [0.4, 0.5) is 11.4 Å². The molecule has 0 radical (unpaired) electrons. The normalized spacial score (nSPS) is 30.0. The zero-order valence-electron chi connectivity index (χ0n) is 11.7. The highest BCUT2D eigenvalue weighted by molar-refractivity contribution is 6.10. The average molecular weight is 279 g/mol. The maximum atomic E-state index is 12.5. The maximum Gasteiger partial charge on any atom is 0.247 e. The molecule has 0 bridgehead atoms. The number of rotatable bonds is 0. The summed E-state index contributed by atoms with van der Waals surface area (Å²) in [6, 6.07) is 8.24. The third kappa shape index (κ3) is 1.45. The van der Waals surface area contributed by atoms with Crippen LogP contribution in [-0.2, 0) is 4.79 Å². The molecule has 5 rings (SSSR count). The fourth-order valence-corrected chi connectivity index (χ4v) is 4.61. The Morgan fingerprint density at radius 1 is 1.24 bits per heavy atom. The van der Waals surface area contributed by atoms with Gasteiger partial charge in [0.2, 0.25) is 5.91 Å². The zero-order chi connectivity index (χ0) is 14.0. The standard InChI is InChI=1S/C17H17N3O/c21-17-16-11-6-3-4-10(11)9-20(16)15-12-5-1-2-7-13(12)18-8-14(15)19-17/h1-2,5,7-8,10-11,16H,3-4,6,9H2,(H,19,21). The van der Waals surface area contributed by atoms with E-state index in [2.05, 4.69) is 21.3 Å². The third-order valence-electron chi connectivity index (χ3n) is 5.45. The van der Waals surface area contributed by atoms with Gasteiger partial charge in [0.25, 0.3) is 0 Å². The maximum absolute atomic E-state index is 12.5. The number of amides is 1. The molecule has 2 fully saturated rings. The van der Waals surface area contributed by atoms with Crippen LogP contribution in [-0.4, -0.2) is 23.5 Å². The lowest BCUT2D eigenvalue weighted by molar-refractivity contribution is -0.118. The smallest absolute Gasteiger partial charge is 0.247 e. The molecule has 4 nitrogen and oxygen atoms in total. The van der Waals surface area contributed by atoms with Gasteiger partial charge in [-0.2, -0.15) is 0 Å². The molecule has 2 aromatic rings. The second-order valence-corrected chi connectivity index (χ2v) is 6.48. The lowest BCUT2D eigenvalue weighted by Gasteiger charge is -2.35.